The Bertz CT molecular complexity index is 395. The van der Waals surface area contributed by atoms with Gasteiger partial charge in [0, 0.05) is 25.0 Å². The zero-order valence-corrected chi connectivity index (χ0v) is 11.6. The number of benzene rings is 1. The van der Waals surface area contributed by atoms with Crippen LogP contribution in [0.25, 0.3) is 0 Å². The maximum absolute atomic E-state index is 12.2. The van der Waals surface area contributed by atoms with Gasteiger partial charge >= 0.3 is 0 Å². The van der Waals surface area contributed by atoms with Crippen LogP contribution in [0, 0.1) is 5.92 Å². The molecule has 1 aliphatic rings. The van der Waals surface area contributed by atoms with E-state index in [4.69, 9.17) is 11.6 Å². The monoisotopic (exact) mass is 265 g/mol. The highest BCUT2D eigenvalue weighted by molar-refractivity contribution is 6.17. The standard InChI is InChI=1S/C15H20ClNO/c1-17(11-13-4-2-3-5-13)15(18)14-8-6-12(10-16)7-9-14/h6-9,13H,2-5,10-11H2,1H3. The van der Waals surface area contributed by atoms with E-state index in [1.807, 2.05) is 36.2 Å². The van der Waals surface area contributed by atoms with Gasteiger partial charge in [0.15, 0.2) is 0 Å². The Kier molecular flexibility index (Phi) is 4.65. The van der Waals surface area contributed by atoms with Crippen molar-refractivity contribution in [3.63, 3.8) is 0 Å². The highest BCUT2D eigenvalue weighted by Gasteiger charge is 2.20. The van der Waals surface area contributed by atoms with Crippen molar-refractivity contribution in [3.05, 3.63) is 35.4 Å². The van der Waals surface area contributed by atoms with E-state index in [0.717, 1.165) is 17.7 Å². The molecule has 2 rings (SSSR count). The lowest BCUT2D eigenvalue weighted by Gasteiger charge is -2.21. The lowest BCUT2D eigenvalue weighted by Crippen LogP contribution is -2.31. The molecule has 1 saturated carbocycles. The largest absolute Gasteiger partial charge is 0.341 e. The zero-order valence-electron chi connectivity index (χ0n) is 10.9. The van der Waals surface area contributed by atoms with Gasteiger partial charge in [0.05, 0.1) is 0 Å². The summed E-state index contributed by atoms with van der Waals surface area (Å²) < 4.78 is 0. The number of alkyl halides is 1. The summed E-state index contributed by atoms with van der Waals surface area (Å²) in [5.74, 6) is 1.30. The SMILES string of the molecule is CN(CC1CCCC1)C(=O)c1ccc(CCl)cc1. The average Bonchev–Trinajstić information content (AvgIpc) is 2.91. The minimum Gasteiger partial charge on any atom is -0.341 e. The summed E-state index contributed by atoms with van der Waals surface area (Å²) in [5.41, 5.74) is 1.80. The second kappa shape index (κ2) is 6.24. The maximum Gasteiger partial charge on any atom is 0.253 e. The third kappa shape index (κ3) is 3.26. The number of carbonyl (C=O) groups excluding carboxylic acids is 1. The normalized spacial score (nSPS) is 15.9. The number of carbonyl (C=O) groups is 1. The third-order valence-electron chi connectivity index (χ3n) is 3.71. The third-order valence-corrected chi connectivity index (χ3v) is 4.02. The van der Waals surface area contributed by atoms with Crippen LogP contribution in [0.1, 0.15) is 41.6 Å². The Balaban J connectivity index is 1.95. The van der Waals surface area contributed by atoms with E-state index in [1.165, 1.54) is 25.7 Å². The molecule has 0 unspecified atom stereocenters. The topological polar surface area (TPSA) is 20.3 Å². The van der Waals surface area contributed by atoms with E-state index in [0.29, 0.717) is 11.8 Å². The molecule has 0 saturated heterocycles. The minimum atomic E-state index is 0.114. The maximum atomic E-state index is 12.2. The van der Waals surface area contributed by atoms with Crippen LogP contribution in [0.3, 0.4) is 0 Å². The molecule has 0 spiro atoms. The van der Waals surface area contributed by atoms with Crippen LogP contribution < -0.4 is 0 Å². The van der Waals surface area contributed by atoms with Crippen molar-refractivity contribution < 1.29 is 4.79 Å². The molecule has 0 aliphatic heterocycles. The van der Waals surface area contributed by atoms with Crippen LogP contribution in [0.2, 0.25) is 0 Å². The van der Waals surface area contributed by atoms with Gasteiger partial charge in [-0.05, 0) is 36.5 Å². The molecule has 98 valence electrons. The fourth-order valence-corrected chi connectivity index (χ4v) is 2.80. The lowest BCUT2D eigenvalue weighted by molar-refractivity contribution is 0.0773. The van der Waals surface area contributed by atoms with E-state index in [9.17, 15) is 4.79 Å². The molecule has 0 N–H and O–H groups in total. The highest BCUT2D eigenvalue weighted by atomic mass is 35.5. The summed E-state index contributed by atoms with van der Waals surface area (Å²) >= 11 is 5.74. The van der Waals surface area contributed by atoms with E-state index < -0.39 is 0 Å². The second-order valence-corrected chi connectivity index (χ2v) is 5.43. The highest BCUT2D eigenvalue weighted by Crippen LogP contribution is 2.25. The first-order valence-corrected chi connectivity index (χ1v) is 7.14. The van der Waals surface area contributed by atoms with Gasteiger partial charge < -0.3 is 4.90 Å². The minimum absolute atomic E-state index is 0.114. The summed E-state index contributed by atoms with van der Waals surface area (Å²) in [7, 11) is 1.90. The molecule has 3 heteroatoms. The molecule has 1 amide bonds. The quantitative estimate of drug-likeness (QED) is 0.761. The molecule has 0 aromatic heterocycles. The fraction of sp³-hybridized carbons (Fsp3) is 0.533. The molecular formula is C15H20ClNO. The van der Waals surface area contributed by atoms with Gasteiger partial charge in [-0.25, -0.2) is 0 Å². The van der Waals surface area contributed by atoms with Crippen LogP contribution in [-0.4, -0.2) is 24.4 Å². The first-order chi connectivity index (χ1) is 8.70. The number of hydrogen-bond acceptors (Lipinski definition) is 1. The van der Waals surface area contributed by atoms with Crippen molar-refractivity contribution in [3.8, 4) is 0 Å². The van der Waals surface area contributed by atoms with Gasteiger partial charge in [-0.2, -0.15) is 0 Å². The molecule has 1 fully saturated rings. The number of halogens is 1. The Morgan fingerprint density at radius 2 is 1.89 bits per heavy atom. The van der Waals surface area contributed by atoms with Crippen molar-refractivity contribution in [1.29, 1.82) is 0 Å². The number of nitrogens with zero attached hydrogens (tertiary/aromatic N) is 1. The number of rotatable bonds is 4. The van der Waals surface area contributed by atoms with Gasteiger partial charge in [-0.1, -0.05) is 25.0 Å². The first kappa shape index (κ1) is 13.4. The molecule has 0 bridgehead atoms. The second-order valence-electron chi connectivity index (χ2n) is 5.17. The lowest BCUT2D eigenvalue weighted by atomic mass is 10.1. The van der Waals surface area contributed by atoms with E-state index >= 15 is 0 Å². The summed E-state index contributed by atoms with van der Waals surface area (Å²) in [6, 6.07) is 7.57. The zero-order chi connectivity index (χ0) is 13.0. The molecule has 0 heterocycles. The van der Waals surface area contributed by atoms with Gasteiger partial charge in [0.1, 0.15) is 0 Å². The van der Waals surface area contributed by atoms with Crippen LogP contribution >= 0.6 is 11.6 Å². The van der Waals surface area contributed by atoms with Gasteiger partial charge in [-0.15, -0.1) is 11.6 Å². The Morgan fingerprint density at radius 3 is 2.44 bits per heavy atom. The molecule has 2 nitrogen and oxygen atoms in total. The van der Waals surface area contributed by atoms with Crippen LogP contribution in [0.5, 0.6) is 0 Å². The number of hydrogen-bond donors (Lipinski definition) is 0. The molecule has 1 aromatic rings. The van der Waals surface area contributed by atoms with E-state index in [-0.39, 0.29) is 5.91 Å². The summed E-state index contributed by atoms with van der Waals surface area (Å²) in [6.45, 7) is 0.885. The van der Waals surface area contributed by atoms with Crippen LogP contribution in [-0.2, 0) is 5.88 Å². The Labute approximate surface area is 114 Å². The predicted octanol–water partition coefficient (Wildman–Crippen LogP) is 3.69. The molecular weight excluding hydrogens is 246 g/mol. The van der Waals surface area contributed by atoms with Crippen molar-refractivity contribution in [1.82, 2.24) is 4.90 Å². The van der Waals surface area contributed by atoms with Crippen molar-refractivity contribution in [2.45, 2.75) is 31.6 Å². The fourth-order valence-electron chi connectivity index (χ4n) is 2.62. The molecule has 0 atom stereocenters. The summed E-state index contributed by atoms with van der Waals surface area (Å²) in [6.07, 6.45) is 5.17. The molecule has 18 heavy (non-hydrogen) atoms. The Hall–Kier alpha value is -1.02. The summed E-state index contributed by atoms with van der Waals surface area (Å²) in [4.78, 5) is 14.1. The smallest absolute Gasteiger partial charge is 0.253 e. The van der Waals surface area contributed by atoms with Gasteiger partial charge in [0.2, 0.25) is 0 Å². The molecule has 0 radical (unpaired) electrons. The van der Waals surface area contributed by atoms with Crippen molar-refractivity contribution in [2.75, 3.05) is 13.6 Å². The van der Waals surface area contributed by atoms with E-state index in [1.54, 1.807) is 0 Å². The predicted molar refractivity (Wildman–Crippen MR) is 74.9 cm³/mol. The molecule has 1 aromatic carbocycles. The van der Waals surface area contributed by atoms with Crippen molar-refractivity contribution in [2.24, 2.45) is 5.92 Å². The van der Waals surface area contributed by atoms with Crippen molar-refractivity contribution >= 4 is 17.5 Å². The molecule has 1 aliphatic carbocycles. The Morgan fingerprint density at radius 1 is 1.28 bits per heavy atom. The van der Waals surface area contributed by atoms with Gasteiger partial charge in [0.25, 0.3) is 5.91 Å². The average molecular weight is 266 g/mol. The summed E-state index contributed by atoms with van der Waals surface area (Å²) in [5, 5.41) is 0. The first-order valence-electron chi connectivity index (χ1n) is 6.61. The van der Waals surface area contributed by atoms with E-state index in [2.05, 4.69) is 0 Å². The van der Waals surface area contributed by atoms with Gasteiger partial charge in [-0.3, -0.25) is 4.79 Å². The number of amides is 1. The van der Waals surface area contributed by atoms with Crippen LogP contribution in [0.4, 0.5) is 0 Å². The van der Waals surface area contributed by atoms with Crippen LogP contribution in [0.15, 0.2) is 24.3 Å².